The normalized spacial score (nSPS) is 12.6. The lowest BCUT2D eigenvalue weighted by molar-refractivity contribution is 0.0506. The van der Waals surface area contributed by atoms with E-state index in [0.717, 1.165) is 6.07 Å². The number of carbonyl (C=O) groups excluding carboxylic acids is 1. The van der Waals surface area contributed by atoms with Crippen molar-refractivity contribution in [1.29, 1.82) is 0 Å². The molecule has 0 aliphatic carbocycles. The molecular formula is C17H25F2NO4. The molecule has 1 aromatic carbocycles. The van der Waals surface area contributed by atoms with E-state index in [1.165, 1.54) is 6.07 Å². The van der Waals surface area contributed by atoms with Crippen molar-refractivity contribution in [2.75, 3.05) is 13.2 Å². The van der Waals surface area contributed by atoms with E-state index in [1.807, 2.05) is 0 Å². The van der Waals surface area contributed by atoms with Gasteiger partial charge in [-0.15, -0.1) is 0 Å². The molecule has 0 bridgehead atoms. The molecule has 0 spiro atoms. The quantitative estimate of drug-likeness (QED) is 0.796. The van der Waals surface area contributed by atoms with Crippen LogP contribution in [0.4, 0.5) is 13.6 Å². The maximum absolute atomic E-state index is 13.8. The summed E-state index contributed by atoms with van der Waals surface area (Å²) in [4.78, 5) is 11.7. The number of aryl methyl sites for hydroxylation is 1. The zero-order valence-electron chi connectivity index (χ0n) is 14.5. The van der Waals surface area contributed by atoms with E-state index in [9.17, 15) is 13.6 Å². The zero-order valence-corrected chi connectivity index (χ0v) is 14.5. The van der Waals surface area contributed by atoms with E-state index in [2.05, 4.69) is 5.32 Å². The molecule has 0 aromatic heterocycles. The fourth-order valence-electron chi connectivity index (χ4n) is 2.03. The second kappa shape index (κ2) is 8.82. The average Bonchev–Trinajstić information content (AvgIpc) is 2.45. The van der Waals surface area contributed by atoms with Gasteiger partial charge in [0.15, 0.2) is 11.6 Å². The van der Waals surface area contributed by atoms with E-state index in [4.69, 9.17) is 14.6 Å². The highest BCUT2D eigenvalue weighted by Crippen LogP contribution is 2.26. The van der Waals surface area contributed by atoms with Crippen LogP contribution in [0.2, 0.25) is 0 Å². The van der Waals surface area contributed by atoms with Crippen molar-refractivity contribution in [1.82, 2.24) is 5.32 Å². The van der Waals surface area contributed by atoms with Gasteiger partial charge in [-0.3, -0.25) is 0 Å². The maximum atomic E-state index is 13.8. The molecule has 7 heteroatoms. The molecular weight excluding hydrogens is 320 g/mol. The Morgan fingerprint density at radius 1 is 1.33 bits per heavy atom. The van der Waals surface area contributed by atoms with Gasteiger partial charge in [0.1, 0.15) is 12.2 Å². The summed E-state index contributed by atoms with van der Waals surface area (Å²) in [5.74, 6) is -2.28. The first-order chi connectivity index (χ1) is 11.1. The molecule has 0 aliphatic rings. The van der Waals surface area contributed by atoms with Gasteiger partial charge in [-0.25, -0.2) is 9.18 Å². The van der Waals surface area contributed by atoms with E-state index in [-0.39, 0.29) is 25.0 Å². The van der Waals surface area contributed by atoms with Gasteiger partial charge in [-0.05, 0) is 52.2 Å². The molecule has 0 saturated heterocycles. The van der Waals surface area contributed by atoms with Crippen molar-refractivity contribution >= 4 is 6.09 Å². The van der Waals surface area contributed by atoms with Crippen LogP contribution in [0.1, 0.15) is 39.7 Å². The van der Waals surface area contributed by atoms with E-state index in [1.54, 1.807) is 27.7 Å². The lowest BCUT2D eigenvalue weighted by Gasteiger charge is -2.22. The number of aliphatic hydroxyl groups excluding tert-OH is 1. The van der Waals surface area contributed by atoms with Crippen LogP contribution in [0.25, 0.3) is 0 Å². The van der Waals surface area contributed by atoms with Crippen LogP contribution in [0.3, 0.4) is 0 Å². The molecule has 0 saturated carbocycles. The van der Waals surface area contributed by atoms with Crippen LogP contribution in [0, 0.1) is 11.6 Å². The molecule has 136 valence electrons. The number of hydrogen-bond acceptors (Lipinski definition) is 4. The molecule has 0 unspecified atom stereocenters. The molecule has 1 aromatic rings. The maximum Gasteiger partial charge on any atom is 0.407 e. The Kier molecular flexibility index (Phi) is 7.41. The standard InChI is InChI=1S/C17H25F2NO4/c1-11(20-16(22)24-17(2,3)4)5-6-12-7-8-13(18)14(19)15(12)23-10-9-21/h7-8,11,21H,5-6,9-10H2,1-4H3,(H,20,22)/t11-/m0/s1. The summed E-state index contributed by atoms with van der Waals surface area (Å²) in [5.41, 5.74) is -0.116. The Morgan fingerprint density at radius 2 is 2.00 bits per heavy atom. The summed E-state index contributed by atoms with van der Waals surface area (Å²) in [6.45, 7) is 6.67. The minimum absolute atomic E-state index is 0.126. The summed E-state index contributed by atoms with van der Waals surface area (Å²) in [7, 11) is 0. The highest BCUT2D eigenvalue weighted by atomic mass is 19.2. The monoisotopic (exact) mass is 345 g/mol. The molecule has 2 N–H and O–H groups in total. The third-order valence-corrected chi connectivity index (χ3v) is 3.08. The van der Waals surface area contributed by atoms with E-state index < -0.39 is 23.3 Å². The van der Waals surface area contributed by atoms with Crippen molar-refractivity contribution in [2.24, 2.45) is 0 Å². The lowest BCUT2D eigenvalue weighted by atomic mass is 10.0. The van der Waals surface area contributed by atoms with Gasteiger partial charge >= 0.3 is 6.09 Å². The minimum atomic E-state index is -1.08. The Bertz CT molecular complexity index is 558. The van der Waals surface area contributed by atoms with Crippen molar-refractivity contribution in [3.63, 3.8) is 0 Å². The van der Waals surface area contributed by atoms with Gasteiger partial charge in [0.2, 0.25) is 5.82 Å². The smallest absolute Gasteiger partial charge is 0.407 e. The number of ether oxygens (including phenoxy) is 2. The van der Waals surface area contributed by atoms with Crippen molar-refractivity contribution in [3.05, 3.63) is 29.3 Å². The summed E-state index contributed by atoms with van der Waals surface area (Å²) >= 11 is 0. The molecule has 1 rings (SSSR count). The fraction of sp³-hybridized carbons (Fsp3) is 0.588. The van der Waals surface area contributed by atoms with Gasteiger partial charge < -0.3 is 19.9 Å². The summed E-state index contributed by atoms with van der Waals surface area (Å²) < 4.78 is 37.4. The summed E-state index contributed by atoms with van der Waals surface area (Å²) in [6, 6.07) is 2.24. The molecule has 0 heterocycles. The molecule has 1 amide bonds. The topological polar surface area (TPSA) is 67.8 Å². The number of hydrogen-bond donors (Lipinski definition) is 2. The highest BCUT2D eigenvalue weighted by molar-refractivity contribution is 5.68. The Labute approximate surface area is 141 Å². The second-order valence-electron chi connectivity index (χ2n) is 6.51. The van der Waals surface area contributed by atoms with Crippen LogP contribution in [0.5, 0.6) is 5.75 Å². The number of alkyl carbamates (subject to hydrolysis) is 1. The van der Waals surface area contributed by atoms with Gasteiger partial charge in [0.25, 0.3) is 0 Å². The first kappa shape index (κ1) is 20.2. The van der Waals surface area contributed by atoms with Crippen LogP contribution in [-0.4, -0.2) is 36.1 Å². The number of rotatable bonds is 7. The summed E-state index contributed by atoms with van der Waals surface area (Å²) in [5, 5.41) is 11.5. The minimum Gasteiger partial charge on any atom is -0.488 e. The average molecular weight is 345 g/mol. The number of nitrogens with one attached hydrogen (secondary N) is 1. The first-order valence-corrected chi connectivity index (χ1v) is 7.84. The highest BCUT2D eigenvalue weighted by Gasteiger charge is 2.19. The molecule has 1 atom stereocenters. The Hall–Kier alpha value is -1.89. The lowest BCUT2D eigenvalue weighted by Crippen LogP contribution is -2.37. The predicted octanol–water partition coefficient (Wildman–Crippen LogP) is 3.18. The molecule has 0 fully saturated rings. The third kappa shape index (κ3) is 6.70. The largest absolute Gasteiger partial charge is 0.488 e. The number of aliphatic hydroxyl groups is 1. The molecule has 5 nitrogen and oxygen atoms in total. The number of halogens is 2. The van der Waals surface area contributed by atoms with Crippen LogP contribution in [0.15, 0.2) is 12.1 Å². The SMILES string of the molecule is C[C@@H](CCc1ccc(F)c(F)c1OCCO)NC(=O)OC(C)(C)C. The number of carbonyl (C=O) groups is 1. The molecule has 0 aliphatic heterocycles. The molecule has 0 radical (unpaired) electrons. The van der Waals surface area contributed by atoms with Crippen molar-refractivity contribution in [3.8, 4) is 5.75 Å². The zero-order chi connectivity index (χ0) is 18.3. The Balaban J connectivity index is 2.66. The second-order valence-corrected chi connectivity index (χ2v) is 6.51. The third-order valence-electron chi connectivity index (χ3n) is 3.08. The van der Waals surface area contributed by atoms with Gasteiger partial charge in [-0.1, -0.05) is 6.07 Å². The van der Waals surface area contributed by atoms with Gasteiger partial charge in [0, 0.05) is 6.04 Å². The van der Waals surface area contributed by atoms with E-state index >= 15 is 0 Å². The number of amides is 1. The summed E-state index contributed by atoms with van der Waals surface area (Å²) in [6.07, 6.45) is 0.325. The van der Waals surface area contributed by atoms with Gasteiger partial charge in [-0.2, -0.15) is 4.39 Å². The van der Waals surface area contributed by atoms with Gasteiger partial charge in [0.05, 0.1) is 6.61 Å². The van der Waals surface area contributed by atoms with Crippen LogP contribution >= 0.6 is 0 Å². The van der Waals surface area contributed by atoms with Crippen molar-refractivity contribution < 1.29 is 28.2 Å². The number of benzene rings is 1. The Morgan fingerprint density at radius 3 is 2.58 bits per heavy atom. The van der Waals surface area contributed by atoms with Crippen LogP contribution in [-0.2, 0) is 11.2 Å². The van der Waals surface area contributed by atoms with Crippen LogP contribution < -0.4 is 10.1 Å². The first-order valence-electron chi connectivity index (χ1n) is 7.84. The molecule has 24 heavy (non-hydrogen) atoms. The predicted molar refractivity (Wildman–Crippen MR) is 86.1 cm³/mol. The fourth-order valence-corrected chi connectivity index (χ4v) is 2.03. The van der Waals surface area contributed by atoms with E-state index in [0.29, 0.717) is 18.4 Å². The van der Waals surface area contributed by atoms with Crippen molar-refractivity contribution in [2.45, 2.75) is 52.2 Å².